The van der Waals surface area contributed by atoms with Crippen molar-refractivity contribution in [1.82, 2.24) is 0 Å². The summed E-state index contributed by atoms with van der Waals surface area (Å²) < 4.78 is 0. The molecule has 0 radical (unpaired) electrons. The molecule has 0 bridgehead atoms. The van der Waals surface area contributed by atoms with E-state index < -0.39 is 0 Å². The molecule has 0 saturated carbocycles. The third-order valence-electron chi connectivity index (χ3n) is 3.72. The molecule has 0 fully saturated rings. The van der Waals surface area contributed by atoms with E-state index in [1.165, 1.54) is 32.0 Å². The standard InChI is InChI=1S/C20H14S/c1-2-7-15(8-3-1)17-10-6-12-20-18(17)14-13-16-9-4-5-11-19(16)21-20/h1-14H. The number of hydrogen-bond acceptors (Lipinski definition) is 1. The van der Waals surface area contributed by atoms with E-state index in [0.717, 1.165) is 0 Å². The third-order valence-corrected chi connectivity index (χ3v) is 4.89. The van der Waals surface area contributed by atoms with Gasteiger partial charge in [-0.05, 0) is 34.4 Å². The molecule has 0 atom stereocenters. The zero-order valence-electron chi connectivity index (χ0n) is 11.5. The predicted octanol–water partition coefficient (Wildman–Crippen LogP) is 5.99. The van der Waals surface area contributed by atoms with Crippen LogP contribution in [-0.2, 0) is 0 Å². The van der Waals surface area contributed by atoms with Crippen molar-refractivity contribution in [3.8, 4) is 11.1 Å². The van der Waals surface area contributed by atoms with Crippen molar-refractivity contribution in [2.75, 3.05) is 0 Å². The maximum Gasteiger partial charge on any atom is 0.0201 e. The van der Waals surface area contributed by atoms with E-state index in [1.807, 2.05) is 11.8 Å². The van der Waals surface area contributed by atoms with E-state index in [1.54, 1.807) is 0 Å². The minimum absolute atomic E-state index is 1.27. The first-order valence-electron chi connectivity index (χ1n) is 7.05. The molecule has 0 nitrogen and oxygen atoms in total. The lowest BCUT2D eigenvalue weighted by Crippen LogP contribution is -1.85. The van der Waals surface area contributed by atoms with Gasteiger partial charge in [0.1, 0.15) is 0 Å². The summed E-state index contributed by atoms with van der Waals surface area (Å²) in [6.45, 7) is 0. The Morgan fingerprint density at radius 2 is 1.33 bits per heavy atom. The van der Waals surface area contributed by atoms with Crippen molar-refractivity contribution in [3.63, 3.8) is 0 Å². The van der Waals surface area contributed by atoms with Gasteiger partial charge in [-0.1, -0.05) is 84.6 Å². The molecule has 21 heavy (non-hydrogen) atoms. The first kappa shape index (κ1) is 12.5. The van der Waals surface area contributed by atoms with Gasteiger partial charge in [0, 0.05) is 9.79 Å². The van der Waals surface area contributed by atoms with E-state index in [9.17, 15) is 0 Å². The van der Waals surface area contributed by atoms with E-state index in [-0.39, 0.29) is 0 Å². The van der Waals surface area contributed by atoms with Gasteiger partial charge in [-0.2, -0.15) is 0 Å². The van der Waals surface area contributed by atoms with Gasteiger partial charge in [0.05, 0.1) is 0 Å². The minimum Gasteiger partial charge on any atom is -0.0888 e. The van der Waals surface area contributed by atoms with Crippen LogP contribution >= 0.6 is 11.8 Å². The zero-order valence-corrected chi connectivity index (χ0v) is 12.3. The van der Waals surface area contributed by atoms with Gasteiger partial charge in [0.15, 0.2) is 0 Å². The molecule has 0 aromatic heterocycles. The van der Waals surface area contributed by atoms with Crippen LogP contribution in [0.3, 0.4) is 0 Å². The lowest BCUT2D eigenvalue weighted by atomic mass is 9.99. The molecule has 1 aliphatic rings. The second kappa shape index (κ2) is 5.27. The van der Waals surface area contributed by atoms with Crippen LogP contribution in [0, 0.1) is 0 Å². The molecule has 1 aliphatic heterocycles. The number of hydrogen-bond donors (Lipinski definition) is 0. The minimum atomic E-state index is 1.27. The van der Waals surface area contributed by atoms with Gasteiger partial charge >= 0.3 is 0 Å². The van der Waals surface area contributed by atoms with Crippen molar-refractivity contribution >= 4 is 23.9 Å². The molecular formula is C20H14S. The summed E-state index contributed by atoms with van der Waals surface area (Å²) in [6, 6.07) is 25.7. The van der Waals surface area contributed by atoms with Crippen LogP contribution in [0.4, 0.5) is 0 Å². The van der Waals surface area contributed by atoms with Crippen LogP contribution in [-0.4, -0.2) is 0 Å². The summed E-state index contributed by atoms with van der Waals surface area (Å²) in [5, 5.41) is 0. The molecule has 0 unspecified atom stereocenters. The van der Waals surface area contributed by atoms with Crippen LogP contribution in [0.2, 0.25) is 0 Å². The number of fused-ring (bicyclic) bond motifs is 2. The molecule has 0 spiro atoms. The molecule has 0 N–H and O–H groups in total. The van der Waals surface area contributed by atoms with Crippen LogP contribution in [0.25, 0.3) is 23.3 Å². The summed E-state index contributed by atoms with van der Waals surface area (Å²) >= 11 is 1.85. The van der Waals surface area contributed by atoms with E-state index >= 15 is 0 Å². The number of rotatable bonds is 1. The van der Waals surface area contributed by atoms with Crippen molar-refractivity contribution in [3.05, 3.63) is 83.9 Å². The van der Waals surface area contributed by atoms with E-state index in [0.29, 0.717) is 0 Å². The topological polar surface area (TPSA) is 0 Å². The van der Waals surface area contributed by atoms with Gasteiger partial charge < -0.3 is 0 Å². The first-order chi connectivity index (χ1) is 10.4. The fourth-order valence-electron chi connectivity index (χ4n) is 2.68. The SMILES string of the molecule is C1=Cc2c(cccc2-c2ccccc2)Sc2ccccc21. The second-order valence-electron chi connectivity index (χ2n) is 5.06. The van der Waals surface area contributed by atoms with Crippen LogP contribution < -0.4 is 0 Å². The fourth-order valence-corrected chi connectivity index (χ4v) is 3.75. The Kier molecular flexibility index (Phi) is 3.13. The van der Waals surface area contributed by atoms with Crippen LogP contribution in [0.1, 0.15) is 11.1 Å². The fraction of sp³-hybridized carbons (Fsp3) is 0. The highest BCUT2D eigenvalue weighted by Crippen LogP contribution is 2.40. The molecule has 4 rings (SSSR count). The summed E-state index contributed by atoms with van der Waals surface area (Å²) in [7, 11) is 0. The molecular weight excluding hydrogens is 272 g/mol. The molecule has 0 aliphatic carbocycles. The Balaban J connectivity index is 1.91. The highest BCUT2D eigenvalue weighted by molar-refractivity contribution is 7.99. The van der Waals surface area contributed by atoms with Crippen molar-refractivity contribution in [2.45, 2.75) is 9.79 Å². The largest absolute Gasteiger partial charge is 0.0888 e. The molecule has 3 aromatic carbocycles. The second-order valence-corrected chi connectivity index (χ2v) is 6.14. The average Bonchev–Trinajstić information content (AvgIpc) is 2.74. The van der Waals surface area contributed by atoms with Gasteiger partial charge in [-0.25, -0.2) is 0 Å². The van der Waals surface area contributed by atoms with Crippen molar-refractivity contribution in [1.29, 1.82) is 0 Å². The Morgan fingerprint density at radius 3 is 2.24 bits per heavy atom. The summed E-state index contributed by atoms with van der Waals surface area (Å²) in [5.74, 6) is 0. The van der Waals surface area contributed by atoms with Gasteiger partial charge in [-0.3, -0.25) is 0 Å². The molecule has 1 heteroatoms. The normalized spacial score (nSPS) is 12.4. The maximum atomic E-state index is 2.25. The number of benzene rings is 3. The van der Waals surface area contributed by atoms with Gasteiger partial charge in [0.25, 0.3) is 0 Å². The van der Waals surface area contributed by atoms with E-state index in [2.05, 4.69) is 84.9 Å². The lowest BCUT2D eigenvalue weighted by Gasteiger charge is -2.10. The highest BCUT2D eigenvalue weighted by Gasteiger charge is 2.13. The van der Waals surface area contributed by atoms with Gasteiger partial charge in [0.2, 0.25) is 0 Å². The first-order valence-corrected chi connectivity index (χ1v) is 7.87. The Morgan fingerprint density at radius 1 is 0.571 bits per heavy atom. The average molecular weight is 286 g/mol. The Hall–Kier alpha value is -2.25. The molecule has 1 heterocycles. The molecule has 100 valence electrons. The summed E-state index contributed by atoms with van der Waals surface area (Å²) in [4.78, 5) is 2.63. The zero-order chi connectivity index (χ0) is 14.1. The smallest absolute Gasteiger partial charge is 0.0201 e. The van der Waals surface area contributed by atoms with Crippen LogP contribution in [0.15, 0.2) is 82.6 Å². The van der Waals surface area contributed by atoms with Crippen molar-refractivity contribution < 1.29 is 0 Å². The molecule has 3 aromatic rings. The Labute approximate surface area is 129 Å². The molecule has 0 saturated heterocycles. The summed E-state index contributed by atoms with van der Waals surface area (Å²) in [6.07, 6.45) is 4.47. The quantitative estimate of drug-likeness (QED) is 0.414. The van der Waals surface area contributed by atoms with Crippen molar-refractivity contribution in [2.24, 2.45) is 0 Å². The maximum absolute atomic E-state index is 2.25. The van der Waals surface area contributed by atoms with Gasteiger partial charge in [-0.15, -0.1) is 0 Å². The Bertz CT molecular complexity index is 816. The monoisotopic (exact) mass is 286 g/mol. The third kappa shape index (κ3) is 2.30. The van der Waals surface area contributed by atoms with E-state index in [4.69, 9.17) is 0 Å². The lowest BCUT2D eigenvalue weighted by molar-refractivity contribution is 1.39. The predicted molar refractivity (Wildman–Crippen MR) is 91.4 cm³/mol. The summed E-state index contributed by atoms with van der Waals surface area (Å²) in [5.41, 5.74) is 5.16. The van der Waals surface area contributed by atoms with Crippen LogP contribution in [0.5, 0.6) is 0 Å². The highest BCUT2D eigenvalue weighted by atomic mass is 32.2. The molecule has 0 amide bonds.